The lowest BCUT2D eigenvalue weighted by atomic mass is 9.96. The van der Waals surface area contributed by atoms with E-state index in [9.17, 15) is 4.79 Å². The Labute approximate surface area is 253 Å². The van der Waals surface area contributed by atoms with Gasteiger partial charge in [-0.25, -0.2) is 0 Å². The number of carbonyl (C=O) groups is 1. The second-order valence-electron chi connectivity index (χ2n) is 10.4. The fourth-order valence-corrected chi connectivity index (χ4v) is 6.21. The second kappa shape index (κ2) is 12.8. The van der Waals surface area contributed by atoms with Crippen molar-refractivity contribution >= 4 is 40.3 Å². The molecule has 1 saturated heterocycles. The van der Waals surface area contributed by atoms with E-state index in [1.165, 1.54) is 18.4 Å². The molecule has 0 spiro atoms. The highest BCUT2D eigenvalue weighted by atomic mass is 32.1. The number of aryl methyl sites for hydroxylation is 1. The van der Waals surface area contributed by atoms with Crippen LogP contribution in [0.2, 0.25) is 0 Å². The Bertz CT molecular complexity index is 1530. The lowest BCUT2D eigenvalue weighted by molar-refractivity contribution is -0.119. The van der Waals surface area contributed by atoms with Crippen LogP contribution in [0.3, 0.4) is 0 Å². The van der Waals surface area contributed by atoms with E-state index in [2.05, 4.69) is 83.0 Å². The number of thiocarbonyl (C=S) groups is 1. The number of nitrogens with zero attached hydrogens (tertiary/aromatic N) is 4. The number of ether oxygens (including phenoxy) is 1. The van der Waals surface area contributed by atoms with Crippen molar-refractivity contribution in [2.75, 3.05) is 41.9 Å². The Morgan fingerprint density at radius 2 is 1.71 bits per heavy atom. The summed E-state index contributed by atoms with van der Waals surface area (Å²) in [6, 6.07) is 24.4. The van der Waals surface area contributed by atoms with Gasteiger partial charge in [0.05, 0.1) is 17.8 Å². The van der Waals surface area contributed by atoms with Crippen molar-refractivity contribution < 1.29 is 9.53 Å². The van der Waals surface area contributed by atoms with Crippen molar-refractivity contribution in [3.05, 3.63) is 102 Å². The fourth-order valence-electron chi connectivity index (χ4n) is 5.87. The number of aromatic nitrogens is 2. The minimum atomic E-state index is -0.200. The van der Waals surface area contributed by atoms with Gasteiger partial charge in [-0.05, 0) is 112 Å². The molecule has 0 bridgehead atoms. The van der Waals surface area contributed by atoms with Crippen LogP contribution in [0.15, 0.2) is 79.0 Å². The molecule has 2 N–H and O–H groups in total. The van der Waals surface area contributed by atoms with Gasteiger partial charge in [-0.15, -0.1) is 0 Å². The first-order chi connectivity index (χ1) is 20.4. The van der Waals surface area contributed by atoms with Crippen molar-refractivity contribution in [1.29, 1.82) is 0 Å². The summed E-state index contributed by atoms with van der Waals surface area (Å²) < 4.78 is 7.25. The number of pyridine rings is 1. The standard InChI is InChI=1S/C33H38N6O2S/c1-6-37(7-2)25-15-17-26(18-16-25)38-22(3)20-28(23(38)4)32-31(29-10-8-9-19-34-29)36-33(42)39(32)27-13-11-24(12-14-27)35-30(40)21-41-5/h8-20,31-32H,6-7,21H2,1-5H3,(H,35,40)(H,36,42)/t31-,32+/m0/s1. The van der Waals surface area contributed by atoms with Crippen LogP contribution < -0.4 is 20.4 Å². The molecule has 0 unspecified atom stereocenters. The molecular formula is C33H38N6O2S. The highest BCUT2D eigenvalue weighted by Gasteiger charge is 2.42. The zero-order valence-corrected chi connectivity index (χ0v) is 25.6. The largest absolute Gasteiger partial charge is 0.375 e. The number of carbonyl (C=O) groups excluding carboxylic acids is 1. The van der Waals surface area contributed by atoms with Crippen LogP contribution >= 0.6 is 12.2 Å². The minimum Gasteiger partial charge on any atom is -0.375 e. The Hall–Kier alpha value is -4.21. The fraction of sp³-hybridized carbons (Fsp3) is 0.303. The van der Waals surface area contributed by atoms with Crippen LogP contribution in [-0.4, -0.2) is 47.4 Å². The molecule has 2 aromatic carbocycles. The monoisotopic (exact) mass is 582 g/mol. The number of amides is 1. The highest BCUT2D eigenvalue weighted by Crippen LogP contribution is 2.44. The van der Waals surface area contributed by atoms with Gasteiger partial charge in [-0.3, -0.25) is 9.78 Å². The number of rotatable bonds is 10. The van der Waals surface area contributed by atoms with Crippen molar-refractivity contribution in [3.63, 3.8) is 0 Å². The van der Waals surface area contributed by atoms with E-state index in [0.717, 1.165) is 41.5 Å². The molecular weight excluding hydrogens is 544 g/mol. The van der Waals surface area contributed by atoms with Gasteiger partial charge >= 0.3 is 0 Å². The topological polar surface area (TPSA) is 74.7 Å². The molecule has 5 rings (SSSR count). The third-order valence-electron chi connectivity index (χ3n) is 7.83. The third-order valence-corrected chi connectivity index (χ3v) is 8.14. The number of methoxy groups -OCH3 is 1. The van der Waals surface area contributed by atoms with Crippen molar-refractivity contribution in [1.82, 2.24) is 14.9 Å². The van der Waals surface area contributed by atoms with Gasteiger partial charge in [-0.2, -0.15) is 0 Å². The predicted octanol–water partition coefficient (Wildman–Crippen LogP) is 6.10. The summed E-state index contributed by atoms with van der Waals surface area (Å²) in [7, 11) is 1.50. The van der Waals surface area contributed by atoms with E-state index < -0.39 is 0 Å². The van der Waals surface area contributed by atoms with Gasteiger partial charge in [-0.1, -0.05) is 6.07 Å². The minimum absolute atomic E-state index is 0.00349. The maximum Gasteiger partial charge on any atom is 0.250 e. The lowest BCUT2D eigenvalue weighted by Crippen LogP contribution is -2.29. The third kappa shape index (κ3) is 5.75. The average molecular weight is 583 g/mol. The summed E-state index contributed by atoms with van der Waals surface area (Å²) in [6.45, 7) is 10.6. The Morgan fingerprint density at radius 3 is 2.33 bits per heavy atom. The molecule has 9 heteroatoms. The van der Waals surface area contributed by atoms with Crippen LogP contribution in [0.4, 0.5) is 17.1 Å². The van der Waals surface area contributed by atoms with E-state index >= 15 is 0 Å². The van der Waals surface area contributed by atoms with Crippen LogP contribution in [0, 0.1) is 13.8 Å². The summed E-state index contributed by atoms with van der Waals surface area (Å²) in [6.07, 6.45) is 1.82. The van der Waals surface area contributed by atoms with Crippen LogP contribution in [0.25, 0.3) is 5.69 Å². The Balaban J connectivity index is 1.55. The second-order valence-corrected chi connectivity index (χ2v) is 10.8. The van der Waals surface area contributed by atoms with E-state index in [4.69, 9.17) is 21.9 Å². The maximum atomic E-state index is 12.0. The molecule has 42 heavy (non-hydrogen) atoms. The molecule has 218 valence electrons. The van der Waals surface area contributed by atoms with Crippen LogP contribution in [0.5, 0.6) is 0 Å². The quantitative estimate of drug-likeness (QED) is 0.219. The number of hydrogen-bond acceptors (Lipinski definition) is 5. The SMILES string of the molecule is CCN(CC)c1ccc(-n2c(C)cc([C@@H]3[C@H](c4ccccn4)NC(=S)N3c3ccc(NC(=O)COC)cc3)c2C)cc1. The zero-order valence-electron chi connectivity index (χ0n) is 24.8. The summed E-state index contributed by atoms with van der Waals surface area (Å²) in [4.78, 5) is 21.2. The molecule has 4 aromatic rings. The summed E-state index contributed by atoms with van der Waals surface area (Å²) in [5, 5.41) is 7.04. The number of benzene rings is 2. The molecule has 3 heterocycles. The maximum absolute atomic E-state index is 12.0. The van der Waals surface area contributed by atoms with E-state index in [1.807, 2.05) is 48.7 Å². The first-order valence-electron chi connectivity index (χ1n) is 14.3. The van der Waals surface area contributed by atoms with Gasteiger partial charge in [0.15, 0.2) is 5.11 Å². The normalized spacial score (nSPS) is 16.4. The molecule has 8 nitrogen and oxygen atoms in total. The van der Waals surface area contributed by atoms with E-state index in [-0.39, 0.29) is 24.6 Å². The van der Waals surface area contributed by atoms with Gasteiger partial charge in [0.25, 0.3) is 0 Å². The Kier molecular flexibility index (Phi) is 8.89. The molecule has 1 aliphatic heterocycles. The molecule has 2 aromatic heterocycles. The van der Waals surface area contributed by atoms with Crippen molar-refractivity contribution in [2.45, 2.75) is 39.8 Å². The van der Waals surface area contributed by atoms with E-state index in [0.29, 0.717) is 10.8 Å². The first kappa shape index (κ1) is 29.3. The van der Waals surface area contributed by atoms with Gasteiger partial charge in [0, 0.05) is 60.5 Å². The molecule has 0 saturated carbocycles. The molecule has 2 atom stereocenters. The zero-order chi connectivity index (χ0) is 29.8. The number of anilines is 3. The molecule has 0 aliphatic carbocycles. The van der Waals surface area contributed by atoms with Crippen molar-refractivity contribution in [2.24, 2.45) is 0 Å². The first-order valence-corrected chi connectivity index (χ1v) is 14.7. The number of nitrogens with one attached hydrogen (secondary N) is 2. The van der Waals surface area contributed by atoms with Gasteiger partial charge in [0.2, 0.25) is 5.91 Å². The molecule has 1 aliphatic rings. The summed E-state index contributed by atoms with van der Waals surface area (Å²) >= 11 is 5.94. The van der Waals surface area contributed by atoms with Crippen LogP contribution in [-0.2, 0) is 9.53 Å². The molecule has 1 amide bonds. The molecule has 1 fully saturated rings. The number of hydrogen-bond donors (Lipinski definition) is 2. The predicted molar refractivity (Wildman–Crippen MR) is 174 cm³/mol. The smallest absolute Gasteiger partial charge is 0.250 e. The van der Waals surface area contributed by atoms with Crippen molar-refractivity contribution in [3.8, 4) is 5.69 Å². The average Bonchev–Trinajstić information content (AvgIpc) is 3.49. The lowest BCUT2D eigenvalue weighted by Gasteiger charge is -2.28. The summed E-state index contributed by atoms with van der Waals surface area (Å²) in [5.41, 5.74) is 8.35. The van der Waals surface area contributed by atoms with Gasteiger partial charge in [0.1, 0.15) is 6.61 Å². The highest BCUT2D eigenvalue weighted by molar-refractivity contribution is 7.80. The summed E-state index contributed by atoms with van der Waals surface area (Å²) in [5.74, 6) is -0.200. The molecule has 0 radical (unpaired) electrons. The van der Waals surface area contributed by atoms with Gasteiger partial charge < -0.3 is 29.7 Å². The van der Waals surface area contributed by atoms with Crippen LogP contribution in [0.1, 0.15) is 48.6 Å². The van der Waals surface area contributed by atoms with E-state index in [1.54, 1.807) is 0 Å². The Morgan fingerprint density at radius 1 is 1.02 bits per heavy atom.